The molecule has 0 aliphatic heterocycles. The van der Waals surface area contributed by atoms with Crippen LogP contribution in [-0.2, 0) is 9.53 Å². The molecular formula is C16H13Cl2NO3. The number of para-hydroxylation sites is 1. The van der Waals surface area contributed by atoms with Crippen molar-refractivity contribution in [2.75, 3.05) is 5.32 Å². The lowest BCUT2D eigenvalue weighted by molar-refractivity contribution is -0.123. The molecule has 0 spiro atoms. The van der Waals surface area contributed by atoms with Crippen LogP contribution in [0.2, 0.25) is 10.0 Å². The predicted octanol–water partition coefficient (Wildman–Crippen LogP) is 4.18. The highest BCUT2D eigenvalue weighted by Crippen LogP contribution is 2.22. The molecule has 0 aliphatic rings. The van der Waals surface area contributed by atoms with Gasteiger partial charge in [0.2, 0.25) is 0 Å². The molecule has 2 rings (SSSR count). The molecule has 1 atom stereocenters. The second-order valence-electron chi connectivity index (χ2n) is 4.53. The van der Waals surface area contributed by atoms with Crippen LogP contribution in [-0.4, -0.2) is 18.0 Å². The average Bonchev–Trinajstić information content (AvgIpc) is 2.47. The standard InChI is InChI=1S/C16H13Cl2NO3/c1-10(15(20)19-12-5-3-2-4-6-12)22-16(21)13-8-7-11(17)9-14(13)18/h2-10H,1H3,(H,19,20). The van der Waals surface area contributed by atoms with E-state index in [-0.39, 0.29) is 10.6 Å². The van der Waals surface area contributed by atoms with Gasteiger partial charge in [0, 0.05) is 10.7 Å². The Kier molecular flexibility index (Phi) is 5.41. The maximum atomic E-state index is 12.0. The fourth-order valence-corrected chi connectivity index (χ4v) is 2.18. The molecule has 0 aliphatic carbocycles. The third-order valence-corrected chi connectivity index (χ3v) is 3.39. The molecule has 114 valence electrons. The van der Waals surface area contributed by atoms with Crippen molar-refractivity contribution in [3.63, 3.8) is 0 Å². The van der Waals surface area contributed by atoms with Crippen molar-refractivity contribution in [3.8, 4) is 0 Å². The molecule has 0 aromatic heterocycles. The highest BCUT2D eigenvalue weighted by Gasteiger charge is 2.20. The van der Waals surface area contributed by atoms with Gasteiger partial charge in [-0.1, -0.05) is 41.4 Å². The van der Waals surface area contributed by atoms with E-state index in [9.17, 15) is 9.59 Å². The molecule has 2 aromatic carbocycles. The molecule has 0 saturated heterocycles. The summed E-state index contributed by atoms with van der Waals surface area (Å²) in [6, 6.07) is 13.3. The number of esters is 1. The van der Waals surface area contributed by atoms with Crippen LogP contribution in [0.3, 0.4) is 0 Å². The molecule has 0 heterocycles. The number of benzene rings is 2. The maximum Gasteiger partial charge on any atom is 0.340 e. The van der Waals surface area contributed by atoms with Gasteiger partial charge < -0.3 is 10.1 Å². The number of hydrogen-bond acceptors (Lipinski definition) is 3. The van der Waals surface area contributed by atoms with E-state index in [0.717, 1.165) is 0 Å². The molecule has 0 radical (unpaired) electrons. The van der Waals surface area contributed by atoms with Crippen molar-refractivity contribution in [1.82, 2.24) is 0 Å². The lowest BCUT2D eigenvalue weighted by atomic mass is 10.2. The van der Waals surface area contributed by atoms with Gasteiger partial charge in [0.25, 0.3) is 5.91 Å². The van der Waals surface area contributed by atoms with Crippen LogP contribution in [0.15, 0.2) is 48.5 Å². The molecule has 0 bridgehead atoms. The maximum absolute atomic E-state index is 12.0. The van der Waals surface area contributed by atoms with Crippen LogP contribution < -0.4 is 5.32 Å². The predicted molar refractivity (Wildman–Crippen MR) is 86.4 cm³/mol. The highest BCUT2D eigenvalue weighted by molar-refractivity contribution is 6.36. The van der Waals surface area contributed by atoms with E-state index < -0.39 is 18.0 Å². The number of carbonyl (C=O) groups is 2. The van der Waals surface area contributed by atoms with Crippen LogP contribution in [0.5, 0.6) is 0 Å². The smallest absolute Gasteiger partial charge is 0.340 e. The first-order valence-corrected chi connectivity index (χ1v) is 7.25. The van der Waals surface area contributed by atoms with Gasteiger partial charge in [0.15, 0.2) is 6.10 Å². The van der Waals surface area contributed by atoms with Crippen LogP contribution in [0.1, 0.15) is 17.3 Å². The van der Waals surface area contributed by atoms with Crippen LogP contribution in [0, 0.1) is 0 Å². The summed E-state index contributed by atoms with van der Waals surface area (Å²) in [5.41, 5.74) is 0.783. The summed E-state index contributed by atoms with van der Waals surface area (Å²) in [6.07, 6.45) is -0.959. The largest absolute Gasteiger partial charge is 0.449 e. The molecule has 0 saturated carbocycles. The Bertz CT molecular complexity index is 689. The fourth-order valence-electron chi connectivity index (χ4n) is 1.70. The van der Waals surface area contributed by atoms with Gasteiger partial charge in [-0.3, -0.25) is 4.79 Å². The fraction of sp³-hybridized carbons (Fsp3) is 0.125. The van der Waals surface area contributed by atoms with E-state index in [1.165, 1.54) is 25.1 Å². The molecule has 1 amide bonds. The third kappa shape index (κ3) is 4.23. The third-order valence-electron chi connectivity index (χ3n) is 2.85. The van der Waals surface area contributed by atoms with Gasteiger partial charge >= 0.3 is 5.97 Å². The Morgan fingerprint density at radius 3 is 2.41 bits per heavy atom. The lowest BCUT2D eigenvalue weighted by Gasteiger charge is -2.14. The van der Waals surface area contributed by atoms with E-state index in [0.29, 0.717) is 10.7 Å². The number of nitrogens with one attached hydrogen (secondary N) is 1. The molecule has 22 heavy (non-hydrogen) atoms. The minimum Gasteiger partial charge on any atom is -0.449 e. The van der Waals surface area contributed by atoms with Crippen LogP contribution >= 0.6 is 23.2 Å². The quantitative estimate of drug-likeness (QED) is 0.851. The molecule has 6 heteroatoms. The summed E-state index contributed by atoms with van der Waals surface area (Å²) >= 11 is 11.7. The summed E-state index contributed by atoms with van der Waals surface area (Å²) in [4.78, 5) is 24.0. The summed E-state index contributed by atoms with van der Waals surface area (Å²) in [5, 5.41) is 3.24. The molecule has 2 aromatic rings. The molecule has 1 unspecified atom stereocenters. The number of rotatable bonds is 4. The minimum absolute atomic E-state index is 0.158. The Hall–Kier alpha value is -2.04. The minimum atomic E-state index is -0.959. The molecule has 0 fully saturated rings. The Morgan fingerprint density at radius 2 is 1.77 bits per heavy atom. The lowest BCUT2D eigenvalue weighted by Crippen LogP contribution is -2.30. The van der Waals surface area contributed by atoms with Gasteiger partial charge in [-0.2, -0.15) is 0 Å². The van der Waals surface area contributed by atoms with Crippen LogP contribution in [0.4, 0.5) is 5.69 Å². The number of carbonyl (C=O) groups excluding carboxylic acids is 2. The van der Waals surface area contributed by atoms with Gasteiger partial charge in [-0.25, -0.2) is 4.79 Å². The van der Waals surface area contributed by atoms with Gasteiger partial charge in [0.1, 0.15) is 0 Å². The van der Waals surface area contributed by atoms with E-state index in [1.54, 1.807) is 24.3 Å². The Labute approximate surface area is 138 Å². The summed E-state index contributed by atoms with van der Waals surface area (Å²) in [6.45, 7) is 1.49. The van der Waals surface area contributed by atoms with Gasteiger partial charge in [-0.05, 0) is 37.3 Å². The topological polar surface area (TPSA) is 55.4 Å². The number of amides is 1. The first kappa shape index (κ1) is 16.3. The monoisotopic (exact) mass is 337 g/mol. The average molecular weight is 338 g/mol. The Morgan fingerprint density at radius 1 is 1.09 bits per heavy atom. The number of hydrogen-bond donors (Lipinski definition) is 1. The zero-order valence-corrected chi connectivity index (χ0v) is 13.2. The highest BCUT2D eigenvalue weighted by atomic mass is 35.5. The summed E-state index contributed by atoms with van der Waals surface area (Å²) < 4.78 is 5.11. The van der Waals surface area contributed by atoms with Crippen LogP contribution in [0.25, 0.3) is 0 Å². The first-order valence-electron chi connectivity index (χ1n) is 6.49. The Balaban J connectivity index is 2.00. The molecule has 4 nitrogen and oxygen atoms in total. The first-order chi connectivity index (χ1) is 10.5. The molecular weight excluding hydrogens is 325 g/mol. The number of anilines is 1. The normalized spacial score (nSPS) is 11.6. The van der Waals surface area contributed by atoms with E-state index >= 15 is 0 Å². The van der Waals surface area contributed by atoms with Crippen molar-refractivity contribution in [2.24, 2.45) is 0 Å². The van der Waals surface area contributed by atoms with E-state index in [2.05, 4.69) is 5.32 Å². The van der Waals surface area contributed by atoms with Gasteiger partial charge in [-0.15, -0.1) is 0 Å². The number of halogens is 2. The van der Waals surface area contributed by atoms with Crippen molar-refractivity contribution in [3.05, 3.63) is 64.1 Å². The van der Waals surface area contributed by atoms with Gasteiger partial charge in [0.05, 0.1) is 10.6 Å². The summed E-state index contributed by atoms with van der Waals surface area (Å²) in [5.74, 6) is -1.11. The van der Waals surface area contributed by atoms with E-state index in [1.807, 2.05) is 6.07 Å². The zero-order valence-electron chi connectivity index (χ0n) is 11.7. The van der Waals surface area contributed by atoms with E-state index in [4.69, 9.17) is 27.9 Å². The second-order valence-corrected chi connectivity index (χ2v) is 5.37. The summed E-state index contributed by atoms with van der Waals surface area (Å²) in [7, 11) is 0. The van der Waals surface area contributed by atoms with Crippen molar-refractivity contribution in [1.29, 1.82) is 0 Å². The number of ether oxygens (including phenoxy) is 1. The van der Waals surface area contributed by atoms with Crippen molar-refractivity contribution < 1.29 is 14.3 Å². The molecule has 1 N–H and O–H groups in total. The van der Waals surface area contributed by atoms with Crippen molar-refractivity contribution in [2.45, 2.75) is 13.0 Å². The van der Waals surface area contributed by atoms with Crippen molar-refractivity contribution >= 4 is 40.8 Å². The zero-order chi connectivity index (χ0) is 16.1. The second kappa shape index (κ2) is 7.29. The SMILES string of the molecule is CC(OC(=O)c1ccc(Cl)cc1Cl)C(=O)Nc1ccccc1.